The molecule has 0 saturated carbocycles. The first-order valence-corrected chi connectivity index (χ1v) is 7.36. The van der Waals surface area contributed by atoms with Gasteiger partial charge in [-0.05, 0) is 30.2 Å². The molecule has 0 atom stereocenters. The van der Waals surface area contributed by atoms with Gasteiger partial charge >= 0.3 is 0 Å². The van der Waals surface area contributed by atoms with Crippen molar-refractivity contribution in [1.29, 1.82) is 0 Å². The van der Waals surface area contributed by atoms with Crippen molar-refractivity contribution in [3.63, 3.8) is 0 Å². The Morgan fingerprint density at radius 1 is 1.22 bits per heavy atom. The average molecular weight is 265 g/mol. The van der Waals surface area contributed by atoms with Gasteiger partial charge in [0.2, 0.25) is 0 Å². The van der Waals surface area contributed by atoms with Crippen LogP contribution in [0.3, 0.4) is 0 Å². The molecule has 0 aromatic carbocycles. The number of hydrogen-bond donors (Lipinski definition) is 1. The zero-order chi connectivity index (χ0) is 12.8. The van der Waals surface area contributed by atoms with E-state index >= 15 is 0 Å². The number of aromatic nitrogens is 1. The highest BCUT2D eigenvalue weighted by Gasteiger charge is 2.34. The molecule has 0 radical (unpaired) electrons. The van der Waals surface area contributed by atoms with E-state index in [2.05, 4.69) is 10.3 Å². The van der Waals surface area contributed by atoms with Gasteiger partial charge < -0.3 is 5.32 Å². The monoisotopic (exact) mass is 265 g/mol. The molecule has 0 unspecified atom stereocenters. The summed E-state index contributed by atoms with van der Waals surface area (Å²) in [6, 6.07) is 5.09. The Hall–Kier alpha value is -1.24. The molecule has 3 rings (SSSR count). The lowest BCUT2D eigenvalue weighted by molar-refractivity contribution is 0.470. The zero-order valence-electron chi connectivity index (χ0n) is 10.2. The van der Waals surface area contributed by atoms with Crippen molar-refractivity contribution in [3.8, 4) is 0 Å². The normalized spacial score (nSPS) is 20.5. The van der Waals surface area contributed by atoms with Gasteiger partial charge in [-0.1, -0.05) is 6.07 Å². The minimum absolute atomic E-state index is 0.150. The van der Waals surface area contributed by atoms with Crippen LogP contribution in [0.2, 0.25) is 0 Å². The summed E-state index contributed by atoms with van der Waals surface area (Å²) in [5.74, 6) is 0. The van der Waals surface area contributed by atoms with Gasteiger partial charge in [0.05, 0.1) is 0 Å². The lowest BCUT2D eigenvalue weighted by Crippen LogP contribution is -2.33. The van der Waals surface area contributed by atoms with Crippen LogP contribution >= 0.6 is 0 Å². The van der Waals surface area contributed by atoms with E-state index < -0.39 is 10.0 Å². The molecule has 0 fully saturated rings. The van der Waals surface area contributed by atoms with Gasteiger partial charge in [0, 0.05) is 31.9 Å². The van der Waals surface area contributed by atoms with Crippen molar-refractivity contribution in [1.82, 2.24) is 14.6 Å². The van der Waals surface area contributed by atoms with Crippen molar-refractivity contribution in [2.24, 2.45) is 0 Å². The molecule has 0 saturated heterocycles. The summed E-state index contributed by atoms with van der Waals surface area (Å²) in [6.07, 6.45) is 0. The fourth-order valence-electron chi connectivity index (χ4n) is 2.40. The smallest absolute Gasteiger partial charge is 0.261 e. The second-order valence-corrected chi connectivity index (χ2v) is 6.59. The van der Waals surface area contributed by atoms with E-state index in [-0.39, 0.29) is 5.03 Å². The molecule has 0 aliphatic carbocycles. The van der Waals surface area contributed by atoms with Gasteiger partial charge in [0.15, 0.2) is 5.03 Å². The number of hydrogen-bond acceptors (Lipinski definition) is 4. The van der Waals surface area contributed by atoms with Gasteiger partial charge in [-0.3, -0.25) is 0 Å². The van der Waals surface area contributed by atoms with Gasteiger partial charge in [-0.2, -0.15) is 4.31 Å². The summed E-state index contributed by atoms with van der Waals surface area (Å²) in [4.78, 5) is 4.12. The predicted octanol–water partition coefficient (Wildman–Crippen LogP) is 0.294. The molecule has 1 aromatic heterocycles. The van der Waals surface area contributed by atoms with Crippen LogP contribution in [-0.2, 0) is 10.0 Å². The first kappa shape index (κ1) is 11.8. The van der Waals surface area contributed by atoms with E-state index in [9.17, 15) is 8.42 Å². The molecule has 2 aliphatic heterocycles. The Kier molecular flexibility index (Phi) is 2.73. The second-order valence-electron chi connectivity index (χ2n) is 4.70. The van der Waals surface area contributed by atoms with Gasteiger partial charge in [-0.15, -0.1) is 0 Å². The Morgan fingerprint density at radius 3 is 2.50 bits per heavy atom. The third kappa shape index (κ3) is 1.86. The van der Waals surface area contributed by atoms with Crippen LogP contribution < -0.4 is 5.32 Å². The lowest BCUT2D eigenvalue weighted by Gasteiger charge is -2.17. The number of pyridine rings is 1. The maximum Gasteiger partial charge on any atom is 0.261 e. The SMILES string of the molecule is Cc1cccc(S(=O)(=O)N2CC3=C(CNC3)C2)n1. The summed E-state index contributed by atoms with van der Waals surface area (Å²) in [5, 5.41) is 3.38. The summed E-state index contributed by atoms with van der Waals surface area (Å²) in [7, 11) is -3.45. The van der Waals surface area contributed by atoms with Crippen molar-refractivity contribution in [3.05, 3.63) is 35.0 Å². The van der Waals surface area contributed by atoms with Crippen LogP contribution in [0.15, 0.2) is 34.4 Å². The van der Waals surface area contributed by atoms with E-state index in [0.717, 1.165) is 18.8 Å². The second kappa shape index (κ2) is 4.15. The first-order valence-electron chi connectivity index (χ1n) is 5.92. The van der Waals surface area contributed by atoms with Crippen molar-refractivity contribution in [2.75, 3.05) is 26.2 Å². The van der Waals surface area contributed by atoms with Crippen LogP contribution in [0.1, 0.15) is 5.69 Å². The Labute approximate surface area is 107 Å². The molecule has 2 aliphatic rings. The molecule has 3 heterocycles. The van der Waals surface area contributed by atoms with Gasteiger partial charge in [-0.25, -0.2) is 13.4 Å². The molecule has 18 heavy (non-hydrogen) atoms. The van der Waals surface area contributed by atoms with Crippen molar-refractivity contribution < 1.29 is 8.42 Å². The van der Waals surface area contributed by atoms with Crippen LogP contribution in [0.5, 0.6) is 0 Å². The van der Waals surface area contributed by atoms with E-state index in [4.69, 9.17) is 0 Å². The molecule has 0 spiro atoms. The van der Waals surface area contributed by atoms with Crippen LogP contribution in [0, 0.1) is 6.92 Å². The molecule has 1 N–H and O–H groups in total. The molecule has 6 heteroatoms. The molecule has 1 aromatic rings. The molecule has 5 nitrogen and oxygen atoms in total. The number of aryl methyl sites for hydroxylation is 1. The fourth-order valence-corrected chi connectivity index (χ4v) is 3.82. The Morgan fingerprint density at radius 2 is 1.89 bits per heavy atom. The summed E-state index contributed by atoms with van der Waals surface area (Å²) < 4.78 is 26.4. The predicted molar refractivity (Wildman–Crippen MR) is 67.6 cm³/mol. The highest BCUT2D eigenvalue weighted by molar-refractivity contribution is 7.89. The largest absolute Gasteiger partial charge is 0.309 e. The maximum atomic E-state index is 12.4. The highest BCUT2D eigenvalue weighted by atomic mass is 32.2. The van der Waals surface area contributed by atoms with E-state index in [1.54, 1.807) is 25.1 Å². The van der Waals surface area contributed by atoms with Crippen LogP contribution in [-0.4, -0.2) is 43.9 Å². The lowest BCUT2D eigenvalue weighted by atomic mass is 10.2. The quantitative estimate of drug-likeness (QED) is 0.781. The van der Waals surface area contributed by atoms with E-state index in [1.165, 1.54) is 15.5 Å². The maximum absolute atomic E-state index is 12.4. The standard InChI is InChI=1S/C12H15N3O2S/c1-9-3-2-4-12(14-9)18(16,17)15-7-10-5-13-6-11(10)8-15/h2-4,13H,5-8H2,1H3. The topological polar surface area (TPSA) is 62.3 Å². The fraction of sp³-hybridized carbons (Fsp3) is 0.417. The minimum Gasteiger partial charge on any atom is -0.309 e. The first-order chi connectivity index (χ1) is 8.57. The summed E-state index contributed by atoms with van der Waals surface area (Å²) in [5.41, 5.74) is 3.15. The number of nitrogens with one attached hydrogen (secondary N) is 1. The Bertz CT molecular complexity index is 606. The minimum atomic E-state index is -3.45. The van der Waals surface area contributed by atoms with Gasteiger partial charge in [0.1, 0.15) is 0 Å². The molecule has 0 amide bonds. The molecule has 96 valence electrons. The van der Waals surface area contributed by atoms with Crippen LogP contribution in [0.4, 0.5) is 0 Å². The summed E-state index contributed by atoms with van der Waals surface area (Å²) in [6.45, 7) is 4.41. The van der Waals surface area contributed by atoms with Crippen molar-refractivity contribution >= 4 is 10.0 Å². The Balaban J connectivity index is 1.89. The number of rotatable bonds is 2. The third-order valence-corrected chi connectivity index (χ3v) is 5.07. The summed E-state index contributed by atoms with van der Waals surface area (Å²) >= 11 is 0. The molecular weight excluding hydrogens is 250 g/mol. The number of sulfonamides is 1. The van der Waals surface area contributed by atoms with E-state index in [0.29, 0.717) is 13.1 Å². The number of nitrogens with zero attached hydrogens (tertiary/aromatic N) is 2. The van der Waals surface area contributed by atoms with E-state index in [1.807, 2.05) is 0 Å². The van der Waals surface area contributed by atoms with Crippen LogP contribution in [0.25, 0.3) is 0 Å². The molecular formula is C12H15N3O2S. The van der Waals surface area contributed by atoms with Gasteiger partial charge in [0.25, 0.3) is 10.0 Å². The third-order valence-electron chi connectivity index (χ3n) is 3.38. The average Bonchev–Trinajstić information content (AvgIpc) is 2.89. The molecule has 0 bridgehead atoms. The zero-order valence-corrected chi connectivity index (χ0v) is 11.0. The van der Waals surface area contributed by atoms with Crippen molar-refractivity contribution in [2.45, 2.75) is 11.9 Å². The highest BCUT2D eigenvalue weighted by Crippen LogP contribution is 2.25.